The lowest BCUT2D eigenvalue weighted by Crippen LogP contribution is -2.32. The summed E-state index contributed by atoms with van der Waals surface area (Å²) in [6.07, 6.45) is 6.56. The molecule has 2 aromatic rings. The van der Waals surface area contributed by atoms with Crippen LogP contribution in [0.2, 0.25) is 0 Å². The van der Waals surface area contributed by atoms with Gasteiger partial charge in [-0.1, -0.05) is 67.9 Å². The number of aromatic nitrogens is 1. The maximum atomic E-state index is 5.60. The Labute approximate surface area is 201 Å². The average Bonchev–Trinajstić information content (AvgIpc) is 3.19. The number of hydrogen-bond donors (Lipinski definition) is 0. The maximum Gasteiger partial charge on any atom is 0.0687 e. The van der Waals surface area contributed by atoms with Crippen LogP contribution in [0.4, 0.5) is 0 Å². The minimum absolute atomic E-state index is 0.423. The zero-order valence-corrected chi connectivity index (χ0v) is 21.2. The molecule has 2 saturated heterocycles. The summed E-state index contributed by atoms with van der Waals surface area (Å²) in [4.78, 5) is 8.49. The molecule has 0 N–H and O–H groups in total. The summed E-state index contributed by atoms with van der Waals surface area (Å²) in [7, 11) is 0. The van der Waals surface area contributed by atoms with E-state index in [9.17, 15) is 0 Å². The summed E-state index contributed by atoms with van der Waals surface area (Å²) in [5, 5.41) is 1.12. The van der Waals surface area contributed by atoms with Crippen molar-refractivity contribution >= 4 is 23.5 Å². The summed E-state index contributed by atoms with van der Waals surface area (Å²) >= 11 is 3.48. The number of aryl methyl sites for hydroxylation is 2. The fourth-order valence-corrected chi connectivity index (χ4v) is 6.90. The first-order valence-electron chi connectivity index (χ1n) is 11.5. The highest BCUT2D eigenvalue weighted by Crippen LogP contribution is 2.47. The fraction of sp³-hybridized carbons (Fsp3) is 0.444. The van der Waals surface area contributed by atoms with E-state index < -0.39 is 0 Å². The van der Waals surface area contributed by atoms with Crippen LogP contribution in [0.1, 0.15) is 43.0 Å². The number of ether oxygens (including phenoxy) is 1. The van der Waals surface area contributed by atoms with Gasteiger partial charge in [0.2, 0.25) is 0 Å². The highest BCUT2D eigenvalue weighted by atomic mass is 32.2. The van der Waals surface area contributed by atoms with E-state index in [-0.39, 0.29) is 0 Å². The van der Waals surface area contributed by atoms with Crippen LogP contribution in [0.3, 0.4) is 0 Å². The first-order chi connectivity index (χ1) is 15.4. The van der Waals surface area contributed by atoms with E-state index >= 15 is 0 Å². The van der Waals surface area contributed by atoms with Gasteiger partial charge in [-0.2, -0.15) is 0 Å². The first kappa shape index (κ1) is 23.5. The second-order valence-corrected chi connectivity index (χ2v) is 11.5. The first-order valence-corrected chi connectivity index (χ1v) is 13.2. The summed E-state index contributed by atoms with van der Waals surface area (Å²) in [6.45, 7) is 19.4. The molecule has 1 spiro atoms. The summed E-state index contributed by atoms with van der Waals surface area (Å²) in [5.41, 5.74) is 6.53. The van der Waals surface area contributed by atoms with Gasteiger partial charge in [-0.15, -0.1) is 0 Å². The third kappa shape index (κ3) is 4.95. The molecule has 0 bridgehead atoms. The summed E-state index contributed by atoms with van der Waals surface area (Å²) < 4.78 is 6.66. The van der Waals surface area contributed by atoms with Crippen LogP contribution in [-0.2, 0) is 11.2 Å². The largest absolute Gasteiger partial charge is 0.381 e. The van der Waals surface area contributed by atoms with Gasteiger partial charge in [-0.25, -0.2) is 0 Å². The molecule has 1 aromatic heterocycles. The van der Waals surface area contributed by atoms with Crippen LogP contribution in [0, 0.1) is 19.3 Å². The molecule has 2 aliphatic heterocycles. The SMILES string of the molecule is C=C(SC(=C)N1CCC2(CCOCC2)C1)Sc1c(-c2ccccc2C)cnc(CC)c1C. The van der Waals surface area contributed by atoms with Crippen LogP contribution in [0.15, 0.2) is 57.8 Å². The van der Waals surface area contributed by atoms with Crippen molar-refractivity contribution in [2.45, 2.75) is 51.3 Å². The molecule has 4 rings (SSSR count). The Morgan fingerprint density at radius 2 is 1.88 bits per heavy atom. The van der Waals surface area contributed by atoms with E-state index in [2.05, 4.69) is 63.1 Å². The minimum Gasteiger partial charge on any atom is -0.381 e. The molecule has 170 valence electrons. The topological polar surface area (TPSA) is 25.4 Å². The Hall–Kier alpha value is -1.69. The zero-order chi connectivity index (χ0) is 22.7. The van der Waals surface area contributed by atoms with Crippen molar-refractivity contribution in [3.63, 3.8) is 0 Å². The highest BCUT2D eigenvalue weighted by molar-refractivity contribution is 8.24. The van der Waals surface area contributed by atoms with E-state index in [4.69, 9.17) is 9.72 Å². The summed E-state index contributed by atoms with van der Waals surface area (Å²) in [5.74, 6) is 0. The van der Waals surface area contributed by atoms with Crippen molar-refractivity contribution in [3.05, 3.63) is 69.7 Å². The van der Waals surface area contributed by atoms with Crippen LogP contribution in [0.25, 0.3) is 11.1 Å². The van der Waals surface area contributed by atoms with E-state index in [1.165, 1.54) is 46.4 Å². The normalized spacial score (nSPS) is 17.7. The van der Waals surface area contributed by atoms with Gasteiger partial charge < -0.3 is 9.64 Å². The molecule has 0 aliphatic carbocycles. The van der Waals surface area contributed by atoms with Crippen LogP contribution < -0.4 is 0 Å². The van der Waals surface area contributed by atoms with Gasteiger partial charge >= 0.3 is 0 Å². The second-order valence-electron chi connectivity index (χ2n) is 8.99. The molecule has 1 aromatic carbocycles. The number of pyridine rings is 1. The smallest absolute Gasteiger partial charge is 0.0687 e. The van der Waals surface area contributed by atoms with Gasteiger partial charge in [0, 0.05) is 52.9 Å². The molecule has 32 heavy (non-hydrogen) atoms. The molecule has 0 amide bonds. The van der Waals surface area contributed by atoms with Gasteiger partial charge in [0.05, 0.1) is 5.03 Å². The average molecular weight is 467 g/mol. The van der Waals surface area contributed by atoms with Crippen molar-refractivity contribution in [1.29, 1.82) is 0 Å². The molecular weight excluding hydrogens is 432 g/mol. The number of benzene rings is 1. The number of likely N-dealkylation sites (tertiary alicyclic amines) is 1. The van der Waals surface area contributed by atoms with Crippen molar-refractivity contribution < 1.29 is 4.74 Å². The number of rotatable bonds is 7. The van der Waals surface area contributed by atoms with E-state index in [1.54, 1.807) is 23.5 Å². The van der Waals surface area contributed by atoms with E-state index in [0.29, 0.717) is 5.41 Å². The van der Waals surface area contributed by atoms with Crippen molar-refractivity contribution in [2.75, 3.05) is 26.3 Å². The minimum atomic E-state index is 0.423. The third-order valence-electron chi connectivity index (χ3n) is 6.93. The molecule has 3 nitrogen and oxygen atoms in total. The standard InChI is InChI=1S/C27H34N2OS2/c1-6-25-20(3)26(24(17-28-25)23-10-8-7-9-19(23)2)32-22(5)31-21(4)29-14-11-27(18-29)12-15-30-16-13-27/h7-10,17H,4-6,11-16,18H2,1-3H3. The molecule has 2 aliphatic rings. The molecule has 3 heterocycles. The van der Waals surface area contributed by atoms with E-state index in [0.717, 1.165) is 47.7 Å². The fourth-order valence-electron chi connectivity index (χ4n) is 4.88. The maximum absolute atomic E-state index is 5.60. The van der Waals surface area contributed by atoms with Crippen LogP contribution in [-0.4, -0.2) is 36.2 Å². The Balaban J connectivity index is 1.50. The zero-order valence-electron chi connectivity index (χ0n) is 19.6. The van der Waals surface area contributed by atoms with Gasteiger partial charge in [-0.3, -0.25) is 4.98 Å². The Morgan fingerprint density at radius 1 is 1.12 bits per heavy atom. The summed E-state index contributed by atoms with van der Waals surface area (Å²) in [6, 6.07) is 8.54. The molecule has 0 unspecified atom stereocenters. The predicted octanol–water partition coefficient (Wildman–Crippen LogP) is 7.20. The van der Waals surface area contributed by atoms with Gasteiger partial charge in [0.1, 0.15) is 0 Å². The van der Waals surface area contributed by atoms with Crippen LogP contribution in [0.5, 0.6) is 0 Å². The molecule has 0 saturated carbocycles. The lowest BCUT2D eigenvalue weighted by molar-refractivity contribution is 0.0211. The Bertz CT molecular complexity index is 1010. The predicted molar refractivity (Wildman–Crippen MR) is 139 cm³/mol. The lowest BCUT2D eigenvalue weighted by Gasteiger charge is -2.33. The van der Waals surface area contributed by atoms with Gasteiger partial charge in [0.15, 0.2) is 0 Å². The number of thioether (sulfide) groups is 2. The molecule has 0 atom stereocenters. The number of nitrogens with zero attached hydrogens (tertiary/aromatic N) is 2. The molecule has 5 heteroatoms. The highest BCUT2D eigenvalue weighted by Gasteiger charge is 2.39. The van der Waals surface area contributed by atoms with Gasteiger partial charge in [-0.05, 0) is 61.6 Å². The van der Waals surface area contributed by atoms with Crippen molar-refractivity contribution in [3.8, 4) is 11.1 Å². The lowest BCUT2D eigenvalue weighted by atomic mass is 9.80. The molecule has 0 radical (unpaired) electrons. The Morgan fingerprint density at radius 3 is 2.59 bits per heavy atom. The number of hydrogen-bond acceptors (Lipinski definition) is 5. The third-order valence-corrected chi connectivity index (χ3v) is 9.11. The monoisotopic (exact) mass is 466 g/mol. The molecular formula is C27H34N2OS2. The quantitative estimate of drug-likeness (QED) is 0.402. The van der Waals surface area contributed by atoms with Gasteiger partial charge in [0.25, 0.3) is 0 Å². The second kappa shape index (κ2) is 10.1. The van der Waals surface area contributed by atoms with Crippen molar-refractivity contribution in [1.82, 2.24) is 9.88 Å². The van der Waals surface area contributed by atoms with Crippen LogP contribution >= 0.6 is 23.5 Å². The Kier molecular flexibility index (Phi) is 7.38. The van der Waals surface area contributed by atoms with E-state index in [1.807, 2.05) is 6.20 Å². The molecule has 2 fully saturated rings. The van der Waals surface area contributed by atoms with Crippen molar-refractivity contribution in [2.24, 2.45) is 5.41 Å².